The molecule has 0 bridgehead atoms. The number of benzene rings is 4. The minimum Gasteiger partial charge on any atom is -0.493 e. The maximum atomic E-state index is 13.1. The fourth-order valence-electron chi connectivity index (χ4n) is 3.95. The summed E-state index contributed by atoms with van der Waals surface area (Å²) in [6.45, 7) is 2.10. The van der Waals surface area contributed by atoms with Crippen LogP contribution in [0.4, 0.5) is 18.9 Å². The van der Waals surface area contributed by atoms with E-state index in [-0.39, 0.29) is 28.7 Å². The Hall–Kier alpha value is -5.30. The molecule has 1 N–H and O–H groups in total. The average molecular weight is 644 g/mol. The normalized spacial score (nSPS) is 11.2. The lowest BCUT2D eigenvalue weighted by Gasteiger charge is -2.15. The van der Waals surface area contributed by atoms with Crippen molar-refractivity contribution in [2.24, 2.45) is 5.10 Å². The second-order valence-electron chi connectivity index (χ2n) is 9.14. The van der Waals surface area contributed by atoms with E-state index < -0.39 is 34.0 Å². The molecule has 0 atom stereocenters. The lowest BCUT2D eigenvalue weighted by Crippen LogP contribution is -2.17. The van der Waals surface area contributed by atoms with Crippen LogP contribution in [0.5, 0.6) is 28.7 Å². The summed E-state index contributed by atoms with van der Waals surface area (Å²) in [5.74, 6) is -0.365. The Kier molecular flexibility index (Phi) is 10.5. The van der Waals surface area contributed by atoms with E-state index in [4.69, 9.17) is 30.5 Å². The molecule has 10 nitrogen and oxygen atoms in total. The molecule has 0 unspecified atom stereocenters. The first-order valence-electron chi connectivity index (χ1n) is 13.2. The molecule has 45 heavy (non-hydrogen) atoms. The fourth-order valence-corrected chi connectivity index (χ4v) is 4.21. The minimum absolute atomic E-state index is 0.0304. The number of nitrogens with one attached hydrogen (secondary N) is 1. The molecule has 4 aromatic carbocycles. The number of hydrazone groups is 1. The van der Waals surface area contributed by atoms with Gasteiger partial charge < -0.3 is 18.9 Å². The zero-order valence-electron chi connectivity index (χ0n) is 23.8. The van der Waals surface area contributed by atoms with E-state index in [2.05, 4.69) is 10.5 Å². The number of rotatable bonds is 12. The summed E-state index contributed by atoms with van der Waals surface area (Å²) in [7, 11) is 1.45. The van der Waals surface area contributed by atoms with Crippen LogP contribution in [0, 0.1) is 10.1 Å². The fraction of sp³-hybridized carbons (Fsp3) is 0.161. The molecule has 0 aromatic heterocycles. The molecular formula is C31H25ClF3N3O7. The second kappa shape index (κ2) is 14.4. The number of carbonyl (C=O) groups is 1. The number of hydrogen-bond donors (Lipinski definition) is 1. The van der Waals surface area contributed by atoms with Gasteiger partial charge in [-0.1, -0.05) is 41.9 Å². The first-order chi connectivity index (χ1) is 21.5. The van der Waals surface area contributed by atoms with E-state index in [1.165, 1.54) is 31.5 Å². The minimum atomic E-state index is -4.79. The van der Waals surface area contributed by atoms with Gasteiger partial charge in [0.25, 0.3) is 5.91 Å². The predicted molar refractivity (Wildman–Crippen MR) is 160 cm³/mol. The zero-order chi connectivity index (χ0) is 32.6. The van der Waals surface area contributed by atoms with Crippen LogP contribution in [0.2, 0.25) is 5.02 Å². The highest BCUT2D eigenvalue weighted by atomic mass is 35.5. The highest BCUT2D eigenvalue weighted by Crippen LogP contribution is 2.43. The van der Waals surface area contributed by atoms with Crippen molar-refractivity contribution in [1.82, 2.24) is 5.43 Å². The van der Waals surface area contributed by atoms with Crippen molar-refractivity contribution in [3.8, 4) is 28.7 Å². The Morgan fingerprint density at radius 2 is 1.71 bits per heavy atom. The third kappa shape index (κ3) is 8.42. The van der Waals surface area contributed by atoms with Crippen molar-refractivity contribution in [2.45, 2.75) is 19.7 Å². The monoisotopic (exact) mass is 643 g/mol. The summed E-state index contributed by atoms with van der Waals surface area (Å²) in [5.41, 5.74) is 1.82. The largest absolute Gasteiger partial charge is 0.493 e. The Morgan fingerprint density at radius 1 is 0.978 bits per heavy atom. The first-order valence-corrected chi connectivity index (χ1v) is 13.6. The Bertz CT molecular complexity index is 1720. The Labute approximate surface area is 260 Å². The SMILES string of the molecule is CCOc1cc(/C=N/NC(=O)c2ccc(OCc3ccccc3)c(OC)c2)cc(Cl)c1Oc1ccc(C(F)(F)F)cc1[N+](=O)[O-]. The summed E-state index contributed by atoms with van der Waals surface area (Å²) in [6.07, 6.45) is -3.52. The van der Waals surface area contributed by atoms with Crippen LogP contribution in [-0.4, -0.2) is 30.8 Å². The van der Waals surface area contributed by atoms with E-state index in [1.54, 1.807) is 19.1 Å². The van der Waals surface area contributed by atoms with Crippen LogP contribution >= 0.6 is 11.6 Å². The van der Waals surface area contributed by atoms with Gasteiger partial charge in [-0.25, -0.2) is 5.43 Å². The second-order valence-corrected chi connectivity index (χ2v) is 9.55. The molecule has 14 heteroatoms. The summed E-state index contributed by atoms with van der Waals surface area (Å²) >= 11 is 6.38. The number of carbonyl (C=O) groups excluding carboxylic acids is 1. The van der Waals surface area contributed by atoms with Gasteiger partial charge in [-0.15, -0.1) is 0 Å². The van der Waals surface area contributed by atoms with Crippen molar-refractivity contribution >= 4 is 29.4 Å². The lowest BCUT2D eigenvalue weighted by atomic mass is 10.1. The third-order valence-corrected chi connectivity index (χ3v) is 6.35. The molecule has 0 radical (unpaired) electrons. The average Bonchev–Trinajstić information content (AvgIpc) is 3.01. The van der Waals surface area contributed by atoms with Gasteiger partial charge in [-0.3, -0.25) is 14.9 Å². The number of ether oxygens (including phenoxy) is 4. The summed E-state index contributed by atoms with van der Waals surface area (Å²) in [6, 6.07) is 18.8. The lowest BCUT2D eigenvalue weighted by molar-refractivity contribution is -0.385. The van der Waals surface area contributed by atoms with Crippen molar-refractivity contribution in [3.05, 3.63) is 116 Å². The maximum Gasteiger partial charge on any atom is 0.416 e. The van der Waals surface area contributed by atoms with Crippen LogP contribution in [0.1, 0.15) is 34.0 Å². The molecule has 0 fully saturated rings. The number of methoxy groups -OCH3 is 1. The van der Waals surface area contributed by atoms with E-state index in [0.717, 1.165) is 11.6 Å². The third-order valence-electron chi connectivity index (χ3n) is 6.07. The smallest absolute Gasteiger partial charge is 0.416 e. The van der Waals surface area contributed by atoms with Crippen LogP contribution in [0.25, 0.3) is 0 Å². The maximum absolute atomic E-state index is 13.1. The summed E-state index contributed by atoms with van der Waals surface area (Å²) < 4.78 is 61.6. The van der Waals surface area contributed by atoms with Crippen LogP contribution < -0.4 is 24.4 Å². The molecule has 1 amide bonds. The van der Waals surface area contributed by atoms with Crippen LogP contribution in [0.3, 0.4) is 0 Å². The van der Waals surface area contributed by atoms with Gasteiger partial charge in [0.1, 0.15) is 6.61 Å². The van der Waals surface area contributed by atoms with E-state index in [9.17, 15) is 28.1 Å². The summed E-state index contributed by atoms with van der Waals surface area (Å²) in [5, 5.41) is 15.3. The standard InChI is InChI=1S/C31H25ClF3N3O7/c1-3-43-28-14-20(13-23(32)29(28)45-25-12-10-22(31(33,34)35)16-24(25)38(40)41)17-36-37-30(39)21-9-11-26(27(15-21)42-2)44-18-19-7-5-4-6-8-19/h4-17H,3,18H2,1-2H3,(H,37,39)/b36-17+. The van der Waals surface area contributed by atoms with Gasteiger partial charge in [-0.05, 0) is 60.5 Å². The number of alkyl halides is 3. The number of nitro benzene ring substituents is 1. The molecule has 0 aliphatic rings. The highest BCUT2D eigenvalue weighted by Gasteiger charge is 2.33. The van der Waals surface area contributed by atoms with Crippen molar-refractivity contribution in [2.75, 3.05) is 13.7 Å². The van der Waals surface area contributed by atoms with Gasteiger partial charge in [0.05, 0.1) is 35.4 Å². The molecule has 0 aliphatic carbocycles. The van der Waals surface area contributed by atoms with Crippen molar-refractivity contribution in [3.63, 3.8) is 0 Å². The highest BCUT2D eigenvalue weighted by molar-refractivity contribution is 6.32. The topological polar surface area (TPSA) is 122 Å². The molecule has 0 heterocycles. The summed E-state index contributed by atoms with van der Waals surface area (Å²) in [4.78, 5) is 23.2. The zero-order valence-corrected chi connectivity index (χ0v) is 24.5. The van der Waals surface area contributed by atoms with Crippen LogP contribution in [0.15, 0.2) is 84.0 Å². The van der Waals surface area contributed by atoms with Gasteiger partial charge in [0.2, 0.25) is 5.75 Å². The van der Waals surface area contributed by atoms with E-state index in [0.29, 0.717) is 35.8 Å². The molecule has 234 valence electrons. The molecule has 4 aromatic rings. The molecule has 0 saturated carbocycles. The number of hydrogen-bond acceptors (Lipinski definition) is 8. The van der Waals surface area contributed by atoms with Crippen LogP contribution in [-0.2, 0) is 12.8 Å². The Morgan fingerprint density at radius 3 is 2.38 bits per heavy atom. The molecule has 0 aliphatic heterocycles. The van der Waals surface area contributed by atoms with Gasteiger partial charge in [0.15, 0.2) is 23.0 Å². The van der Waals surface area contributed by atoms with E-state index >= 15 is 0 Å². The molecule has 0 spiro atoms. The number of amides is 1. The first kappa shape index (κ1) is 32.6. The predicted octanol–water partition coefficient (Wildman–Crippen LogP) is 7.81. The van der Waals surface area contributed by atoms with Crippen molar-refractivity contribution in [1.29, 1.82) is 0 Å². The molecular weight excluding hydrogens is 619 g/mol. The van der Waals surface area contributed by atoms with Gasteiger partial charge in [0, 0.05) is 11.6 Å². The van der Waals surface area contributed by atoms with E-state index in [1.807, 2.05) is 30.3 Å². The molecule has 0 saturated heterocycles. The Balaban J connectivity index is 1.49. The number of nitrogens with zero attached hydrogens (tertiary/aromatic N) is 2. The number of nitro groups is 1. The molecule has 4 rings (SSSR count). The van der Waals surface area contributed by atoms with Crippen molar-refractivity contribution < 1.29 is 41.8 Å². The quantitative estimate of drug-likeness (QED) is 0.0949. The van der Waals surface area contributed by atoms with Gasteiger partial charge >= 0.3 is 11.9 Å². The number of halogens is 4. The van der Waals surface area contributed by atoms with Gasteiger partial charge in [-0.2, -0.15) is 18.3 Å².